The summed E-state index contributed by atoms with van der Waals surface area (Å²) in [5, 5.41) is 2.98. The SMILES string of the molecule is CC(C)c1ccc(NC(=O)C2CC(=O)N(C3CCCCC3)C2)cc1. The lowest BCUT2D eigenvalue weighted by Gasteiger charge is -2.31. The highest BCUT2D eigenvalue weighted by molar-refractivity contribution is 5.97. The van der Waals surface area contributed by atoms with Gasteiger partial charge in [0.1, 0.15) is 0 Å². The van der Waals surface area contributed by atoms with Crippen LogP contribution in [0, 0.1) is 5.92 Å². The van der Waals surface area contributed by atoms with Gasteiger partial charge in [-0.3, -0.25) is 9.59 Å². The standard InChI is InChI=1S/C20H28N2O2/c1-14(2)15-8-10-17(11-9-15)21-20(24)16-12-19(23)22(13-16)18-6-4-3-5-7-18/h8-11,14,16,18H,3-7,12-13H2,1-2H3,(H,21,24). The maximum atomic E-state index is 12.5. The molecular formula is C20H28N2O2. The Hall–Kier alpha value is -1.84. The van der Waals surface area contributed by atoms with Crippen molar-refractivity contribution >= 4 is 17.5 Å². The molecule has 2 amide bonds. The number of rotatable bonds is 4. The second-order valence-electron chi connectivity index (χ2n) is 7.50. The van der Waals surface area contributed by atoms with E-state index < -0.39 is 0 Å². The minimum atomic E-state index is -0.218. The lowest BCUT2D eigenvalue weighted by atomic mass is 9.94. The third-order valence-corrected chi connectivity index (χ3v) is 5.39. The van der Waals surface area contributed by atoms with Crippen molar-refractivity contribution in [1.29, 1.82) is 0 Å². The molecule has 0 radical (unpaired) electrons. The fourth-order valence-corrected chi connectivity index (χ4v) is 3.85. The molecule has 1 saturated carbocycles. The van der Waals surface area contributed by atoms with Crippen molar-refractivity contribution in [3.05, 3.63) is 29.8 Å². The van der Waals surface area contributed by atoms with Gasteiger partial charge in [-0.15, -0.1) is 0 Å². The average molecular weight is 328 g/mol. The van der Waals surface area contributed by atoms with Crippen LogP contribution in [0.3, 0.4) is 0 Å². The van der Waals surface area contributed by atoms with Crippen LogP contribution in [-0.2, 0) is 9.59 Å². The van der Waals surface area contributed by atoms with Crippen molar-refractivity contribution in [3.8, 4) is 0 Å². The molecule has 1 heterocycles. The van der Waals surface area contributed by atoms with Gasteiger partial charge in [0.25, 0.3) is 0 Å². The Labute approximate surface area is 144 Å². The number of amides is 2. The molecule has 1 aliphatic heterocycles. The number of hydrogen-bond donors (Lipinski definition) is 1. The van der Waals surface area contributed by atoms with Crippen LogP contribution in [-0.4, -0.2) is 29.3 Å². The van der Waals surface area contributed by atoms with Crippen LogP contribution in [0.2, 0.25) is 0 Å². The number of anilines is 1. The second-order valence-corrected chi connectivity index (χ2v) is 7.50. The summed E-state index contributed by atoms with van der Waals surface area (Å²) in [5.41, 5.74) is 2.07. The zero-order valence-electron chi connectivity index (χ0n) is 14.8. The van der Waals surface area contributed by atoms with Gasteiger partial charge in [-0.1, -0.05) is 45.2 Å². The molecule has 1 unspecified atom stereocenters. The highest BCUT2D eigenvalue weighted by atomic mass is 16.2. The molecule has 4 heteroatoms. The highest BCUT2D eigenvalue weighted by Gasteiger charge is 2.38. The summed E-state index contributed by atoms with van der Waals surface area (Å²) in [6.07, 6.45) is 6.22. The highest BCUT2D eigenvalue weighted by Crippen LogP contribution is 2.29. The summed E-state index contributed by atoms with van der Waals surface area (Å²) < 4.78 is 0. The van der Waals surface area contributed by atoms with Crippen LogP contribution in [0.25, 0.3) is 0 Å². The molecule has 3 rings (SSSR count). The number of nitrogens with zero attached hydrogens (tertiary/aromatic N) is 1. The van der Waals surface area contributed by atoms with Crippen molar-refractivity contribution in [2.75, 3.05) is 11.9 Å². The molecule has 1 aromatic carbocycles. The zero-order chi connectivity index (χ0) is 17.1. The minimum absolute atomic E-state index is 0.0287. The molecule has 1 aromatic rings. The van der Waals surface area contributed by atoms with E-state index in [1.54, 1.807) is 0 Å². The number of carbonyl (C=O) groups is 2. The molecule has 1 saturated heterocycles. The Bertz CT molecular complexity index is 588. The molecule has 130 valence electrons. The number of hydrogen-bond acceptors (Lipinski definition) is 2. The van der Waals surface area contributed by atoms with E-state index in [9.17, 15) is 9.59 Å². The molecule has 2 fully saturated rings. The molecule has 0 spiro atoms. The van der Waals surface area contributed by atoms with Crippen molar-refractivity contribution in [1.82, 2.24) is 4.90 Å². The molecule has 1 N–H and O–H groups in total. The Morgan fingerprint density at radius 3 is 2.42 bits per heavy atom. The van der Waals surface area contributed by atoms with E-state index in [0.29, 0.717) is 24.9 Å². The van der Waals surface area contributed by atoms with Crippen molar-refractivity contribution in [3.63, 3.8) is 0 Å². The van der Waals surface area contributed by atoms with E-state index in [1.807, 2.05) is 17.0 Å². The maximum Gasteiger partial charge on any atom is 0.229 e. The topological polar surface area (TPSA) is 49.4 Å². The predicted octanol–water partition coefficient (Wildman–Crippen LogP) is 3.93. The summed E-state index contributed by atoms with van der Waals surface area (Å²) in [5.74, 6) is 0.381. The Morgan fingerprint density at radius 2 is 1.79 bits per heavy atom. The Balaban J connectivity index is 1.58. The van der Waals surface area contributed by atoms with Gasteiger partial charge in [0.05, 0.1) is 5.92 Å². The van der Waals surface area contributed by atoms with E-state index in [4.69, 9.17) is 0 Å². The fraction of sp³-hybridized carbons (Fsp3) is 0.600. The molecule has 2 aliphatic rings. The number of likely N-dealkylation sites (tertiary alicyclic amines) is 1. The summed E-state index contributed by atoms with van der Waals surface area (Å²) in [6.45, 7) is 4.88. The van der Waals surface area contributed by atoms with Crippen molar-refractivity contribution in [2.45, 2.75) is 64.3 Å². The second kappa shape index (κ2) is 7.37. The molecule has 0 aromatic heterocycles. The van der Waals surface area contributed by atoms with Gasteiger partial charge in [-0.05, 0) is 36.5 Å². The van der Waals surface area contributed by atoms with Crippen LogP contribution in [0.15, 0.2) is 24.3 Å². The summed E-state index contributed by atoms with van der Waals surface area (Å²) in [4.78, 5) is 26.8. The van der Waals surface area contributed by atoms with E-state index >= 15 is 0 Å². The summed E-state index contributed by atoms with van der Waals surface area (Å²) in [7, 11) is 0. The van der Waals surface area contributed by atoms with E-state index in [-0.39, 0.29) is 17.7 Å². The van der Waals surface area contributed by atoms with E-state index in [2.05, 4.69) is 31.3 Å². The third-order valence-electron chi connectivity index (χ3n) is 5.39. The molecule has 0 bridgehead atoms. The number of nitrogens with one attached hydrogen (secondary N) is 1. The first-order valence-corrected chi connectivity index (χ1v) is 9.25. The van der Waals surface area contributed by atoms with Gasteiger partial charge >= 0.3 is 0 Å². The Morgan fingerprint density at radius 1 is 1.12 bits per heavy atom. The van der Waals surface area contributed by atoms with Crippen LogP contribution in [0.5, 0.6) is 0 Å². The lowest BCUT2D eigenvalue weighted by Crippen LogP contribution is -2.38. The van der Waals surface area contributed by atoms with Crippen LogP contribution in [0.4, 0.5) is 5.69 Å². The largest absolute Gasteiger partial charge is 0.339 e. The minimum Gasteiger partial charge on any atom is -0.339 e. The van der Waals surface area contributed by atoms with Crippen molar-refractivity contribution < 1.29 is 9.59 Å². The van der Waals surface area contributed by atoms with Gasteiger partial charge < -0.3 is 10.2 Å². The zero-order valence-corrected chi connectivity index (χ0v) is 14.8. The summed E-state index contributed by atoms with van der Waals surface area (Å²) >= 11 is 0. The first-order chi connectivity index (χ1) is 11.5. The summed E-state index contributed by atoms with van der Waals surface area (Å²) in [6, 6.07) is 8.35. The number of benzene rings is 1. The van der Waals surface area contributed by atoms with Gasteiger partial charge in [0, 0.05) is 24.7 Å². The fourth-order valence-electron chi connectivity index (χ4n) is 3.85. The van der Waals surface area contributed by atoms with Gasteiger partial charge in [-0.25, -0.2) is 0 Å². The third kappa shape index (κ3) is 3.80. The quantitative estimate of drug-likeness (QED) is 0.910. The normalized spacial score (nSPS) is 22.2. The molecular weight excluding hydrogens is 300 g/mol. The predicted molar refractivity (Wildman–Crippen MR) is 95.9 cm³/mol. The smallest absolute Gasteiger partial charge is 0.229 e. The molecule has 1 aliphatic carbocycles. The monoisotopic (exact) mass is 328 g/mol. The Kier molecular flexibility index (Phi) is 5.22. The van der Waals surface area contributed by atoms with Gasteiger partial charge in [0.2, 0.25) is 11.8 Å². The molecule has 1 atom stereocenters. The first kappa shape index (κ1) is 17.0. The first-order valence-electron chi connectivity index (χ1n) is 9.25. The van der Waals surface area contributed by atoms with Crippen molar-refractivity contribution in [2.24, 2.45) is 5.92 Å². The average Bonchev–Trinajstić information content (AvgIpc) is 2.98. The molecule has 24 heavy (non-hydrogen) atoms. The van der Waals surface area contributed by atoms with Gasteiger partial charge in [0.15, 0.2) is 0 Å². The van der Waals surface area contributed by atoms with E-state index in [0.717, 1.165) is 18.5 Å². The molecule has 4 nitrogen and oxygen atoms in total. The maximum absolute atomic E-state index is 12.5. The van der Waals surface area contributed by atoms with E-state index in [1.165, 1.54) is 24.8 Å². The number of carbonyl (C=O) groups excluding carboxylic acids is 2. The van der Waals surface area contributed by atoms with Crippen LogP contribution >= 0.6 is 0 Å². The van der Waals surface area contributed by atoms with Crippen LogP contribution < -0.4 is 5.32 Å². The lowest BCUT2D eigenvalue weighted by molar-refractivity contribution is -0.130. The van der Waals surface area contributed by atoms with Crippen LogP contribution in [0.1, 0.15) is 63.9 Å². The van der Waals surface area contributed by atoms with Gasteiger partial charge in [-0.2, -0.15) is 0 Å².